The maximum atomic E-state index is 10.7. The molecule has 1 aliphatic rings. The number of thiazole rings is 1. The second-order valence-electron chi connectivity index (χ2n) is 3.24. The summed E-state index contributed by atoms with van der Waals surface area (Å²) in [5.41, 5.74) is 1.99. The molecule has 0 aliphatic heterocycles. The van der Waals surface area contributed by atoms with Gasteiger partial charge in [0.25, 0.3) is 0 Å². The van der Waals surface area contributed by atoms with Crippen LogP contribution in [-0.2, 0) is 12.8 Å². The lowest BCUT2D eigenvalue weighted by atomic mass is 10.3. The van der Waals surface area contributed by atoms with Gasteiger partial charge < -0.3 is 0 Å². The summed E-state index contributed by atoms with van der Waals surface area (Å²) in [4.78, 5) is 17.3. The molecule has 0 atom stereocenters. The molecule has 3 rings (SSSR count). The molecule has 13 heavy (non-hydrogen) atoms. The van der Waals surface area contributed by atoms with E-state index in [1.165, 1.54) is 17.0 Å². The zero-order valence-electron chi connectivity index (χ0n) is 6.99. The van der Waals surface area contributed by atoms with Crippen molar-refractivity contribution in [2.45, 2.75) is 19.3 Å². The molecule has 0 fully saturated rings. The van der Waals surface area contributed by atoms with Crippen molar-refractivity contribution in [2.24, 2.45) is 0 Å². The first-order valence-corrected chi connectivity index (χ1v) is 5.15. The minimum atomic E-state index is 0.689. The fourth-order valence-corrected chi connectivity index (χ4v) is 3.12. The minimum absolute atomic E-state index is 0.689. The van der Waals surface area contributed by atoms with Crippen LogP contribution in [0.25, 0.3) is 4.96 Å². The molecule has 0 amide bonds. The van der Waals surface area contributed by atoms with Gasteiger partial charge in [0.2, 0.25) is 0 Å². The summed E-state index contributed by atoms with van der Waals surface area (Å²) in [5.74, 6) is 0. The Hall–Kier alpha value is -1.16. The standard InChI is InChI=1S/C9H8N2OS/c12-5-6-4-10-9-11(6)7-2-1-3-8(7)13-9/h4-5H,1-3H2. The van der Waals surface area contributed by atoms with E-state index in [1.807, 2.05) is 4.40 Å². The van der Waals surface area contributed by atoms with Gasteiger partial charge in [0.05, 0.1) is 6.20 Å². The van der Waals surface area contributed by atoms with E-state index >= 15 is 0 Å². The number of hydrogen-bond donors (Lipinski definition) is 0. The molecule has 0 N–H and O–H groups in total. The van der Waals surface area contributed by atoms with Crippen LogP contribution in [-0.4, -0.2) is 15.7 Å². The maximum absolute atomic E-state index is 10.7. The monoisotopic (exact) mass is 192 g/mol. The van der Waals surface area contributed by atoms with Crippen LogP contribution in [0, 0.1) is 0 Å². The molecule has 2 aromatic rings. The number of imidazole rings is 1. The van der Waals surface area contributed by atoms with Crippen molar-refractivity contribution in [2.75, 3.05) is 0 Å². The molecule has 0 saturated carbocycles. The van der Waals surface area contributed by atoms with E-state index in [4.69, 9.17) is 0 Å². The van der Waals surface area contributed by atoms with Gasteiger partial charge in [-0.3, -0.25) is 9.20 Å². The first-order valence-electron chi connectivity index (χ1n) is 4.33. The minimum Gasteiger partial charge on any atom is -0.296 e. The highest BCUT2D eigenvalue weighted by Crippen LogP contribution is 2.31. The fraction of sp³-hybridized carbons (Fsp3) is 0.333. The van der Waals surface area contributed by atoms with Crippen molar-refractivity contribution in [1.29, 1.82) is 0 Å². The Morgan fingerprint density at radius 1 is 1.54 bits per heavy atom. The summed E-state index contributed by atoms with van der Waals surface area (Å²) < 4.78 is 2.00. The van der Waals surface area contributed by atoms with Gasteiger partial charge in [-0.25, -0.2) is 4.98 Å². The average molecular weight is 192 g/mol. The first kappa shape index (κ1) is 7.26. The zero-order valence-corrected chi connectivity index (χ0v) is 7.80. The quantitative estimate of drug-likeness (QED) is 0.644. The third kappa shape index (κ3) is 0.836. The van der Waals surface area contributed by atoms with Crippen molar-refractivity contribution >= 4 is 22.6 Å². The van der Waals surface area contributed by atoms with Crippen LogP contribution >= 0.6 is 11.3 Å². The highest BCUT2D eigenvalue weighted by atomic mass is 32.1. The van der Waals surface area contributed by atoms with Crippen LogP contribution < -0.4 is 0 Å². The van der Waals surface area contributed by atoms with Gasteiger partial charge in [-0.2, -0.15) is 0 Å². The van der Waals surface area contributed by atoms with Crippen molar-refractivity contribution < 1.29 is 4.79 Å². The van der Waals surface area contributed by atoms with Gasteiger partial charge in [-0.1, -0.05) is 0 Å². The summed E-state index contributed by atoms with van der Waals surface area (Å²) in [5, 5.41) is 0. The number of hydrogen-bond acceptors (Lipinski definition) is 3. The number of aldehydes is 1. The van der Waals surface area contributed by atoms with Crippen molar-refractivity contribution in [3.05, 3.63) is 22.5 Å². The zero-order chi connectivity index (χ0) is 8.84. The highest BCUT2D eigenvalue weighted by molar-refractivity contribution is 7.17. The van der Waals surface area contributed by atoms with Crippen molar-refractivity contribution in [3.63, 3.8) is 0 Å². The van der Waals surface area contributed by atoms with E-state index in [0.29, 0.717) is 5.69 Å². The average Bonchev–Trinajstić information content (AvgIpc) is 2.72. The molecule has 3 nitrogen and oxygen atoms in total. The summed E-state index contributed by atoms with van der Waals surface area (Å²) in [7, 11) is 0. The van der Waals surface area contributed by atoms with E-state index < -0.39 is 0 Å². The van der Waals surface area contributed by atoms with E-state index in [1.54, 1.807) is 17.5 Å². The van der Waals surface area contributed by atoms with Crippen molar-refractivity contribution in [3.8, 4) is 0 Å². The van der Waals surface area contributed by atoms with Gasteiger partial charge in [0.1, 0.15) is 5.69 Å². The van der Waals surface area contributed by atoms with Crippen LogP contribution in [0.4, 0.5) is 0 Å². The number of carbonyl (C=O) groups is 1. The Morgan fingerprint density at radius 2 is 2.46 bits per heavy atom. The van der Waals surface area contributed by atoms with Gasteiger partial charge >= 0.3 is 0 Å². The molecule has 0 bridgehead atoms. The predicted molar refractivity (Wildman–Crippen MR) is 50.5 cm³/mol. The molecule has 0 unspecified atom stereocenters. The Labute approximate surface area is 79.0 Å². The second-order valence-corrected chi connectivity index (χ2v) is 4.31. The third-order valence-corrected chi connectivity index (χ3v) is 3.66. The van der Waals surface area contributed by atoms with Crippen LogP contribution in [0.3, 0.4) is 0 Å². The van der Waals surface area contributed by atoms with Gasteiger partial charge in [-0.15, -0.1) is 11.3 Å². The molecule has 0 spiro atoms. The predicted octanol–water partition coefficient (Wildman–Crippen LogP) is 1.70. The lowest BCUT2D eigenvalue weighted by molar-refractivity contribution is 0.111. The number of aryl methyl sites for hydroxylation is 2. The molecule has 0 radical (unpaired) electrons. The first-order chi connectivity index (χ1) is 6.40. The summed E-state index contributed by atoms with van der Waals surface area (Å²) in [6.07, 6.45) is 5.99. The second kappa shape index (κ2) is 2.42. The van der Waals surface area contributed by atoms with Crippen LogP contribution in [0.2, 0.25) is 0 Å². The molecule has 4 heteroatoms. The van der Waals surface area contributed by atoms with Gasteiger partial charge in [0, 0.05) is 10.6 Å². The maximum Gasteiger partial charge on any atom is 0.194 e. The van der Waals surface area contributed by atoms with Crippen LogP contribution in [0.15, 0.2) is 6.20 Å². The van der Waals surface area contributed by atoms with Gasteiger partial charge in [-0.05, 0) is 19.3 Å². The number of nitrogens with zero attached hydrogens (tertiary/aromatic N) is 2. The Bertz CT molecular complexity index is 483. The molecule has 0 saturated heterocycles. The van der Waals surface area contributed by atoms with E-state index in [2.05, 4.69) is 4.98 Å². The molecule has 66 valence electrons. The number of aromatic nitrogens is 2. The van der Waals surface area contributed by atoms with E-state index in [-0.39, 0.29) is 0 Å². The summed E-state index contributed by atoms with van der Waals surface area (Å²) in [6.45, 7) is 0. The van der Waals surface area contributed by atoms with Crippen LogP contribution in [0.5, 0.6) is 0 Å². The normalized spacial score (nSPS) is 15.1. The molecule has 2 heterocycles. The topological polar surface area (TPSA) is 34.4 Å². The molecule has 1 aliphatic carbocycles. The van der Waals surface area contributed by atoms with E-state index in [0.717, 1.165) is 24.1 Å². The number of rotatable bonds is 1. The lowest BCUT2D eigenvalue weighted by Gasteiger charge is -1.93. The lowest BCUT2D eigenvalue weighted by Crippen LogP contribution is -1.93. The molecular formula is C9H8N2OS. The Kier molecular flexibility index (Phi) is 1.35. The SMILES string of the molecule is O=Cc1cnc2sc3c(n12)CCC3. The molecule has 0 aromatic carbocycles. The van der Waals surface area contributed by atoms with E-state index in [9.17, 15) is 4.79 Å². The van der Waals surface area contributed by atoms with Crippen LogP contribution in [0.1, 0.15) is 27.5 Å². The largest absolute Gasteiger partial charge is 0.296 e. The Morgan fingerprint density at radius 3 is 3.31 bits per heavy atom. The summed E-state index contributed by atoms with van der Waals surface area (Å²) >= 11 is 1.72. The number of fused-ring (bicyclic) bond motifs is 3. The molecule has 2 aromatic heterocycles. The fourth-order valence-electron chi connectivity index (χ4n) is 1.93. The summed E-state index contributed by atoms with van der Waals surface area (Å²) in [6, 6.07) is 0. The Balaban J connectivity index is 2.42. The highest BCUT2D eigenvalue weighted by Gasteiger charge is 2.19. The third-order valence-electron chi connectivity index (χ3n) is 2.50. The van der Waals surface area contributed by atoms with Gasteiger partial charge in [0.15, 0.2) is 11.2 Å². The smallest absolute Gasteiger partial charge is 0.194 e. The molecular weight excluding hydrogens is 184 g/mol. The number of carbonyl (C=O) groups excluding carboxylic acids is 1. The van der Waals surface area contributed by atoms with Crippen molar-refractivity contribution in [1.82, 2.24) is 9.38 Å².